The van der Waals surface area contributed by atoms with Gasteiger partial charge in [0.15, 0.2) is 11.6 Å². The number of aryl methyl sites for hydroxylation is 1. The lowest BCUT2D eigenvalue weighted by Gasteiger charge is -2.59. The van der Waals surface area contributed by atoms with Gasteiger partial charge in [-0.05, 0) is 68.2 Å². The van der Waals surface area contributed by atoms with Crippen LogP contribution in [-0.2, 0) is 0 Å². The van der Waals surface area contributed by atoms with Gasteiger partial charge in [-0.2, -0.15) is 4.98 Å². The Morgan fingerprint density at radius 2 is 1.88 bits per heavy atom. The molecular weight excluding hydrogens is 434 g/mol. The molecule has 1 saturated heterocycles. The molecule has 6 nitrogen and oxygen atoms in total. The summed E-state index contributed by atoms with van der Waals surface area (Å²) in [6.45, 7) is 8.63. The quantitative estimate of drug-likeness (QED) is 0.459. The Morgan fingerprint density at radius 1 is 1.12 bits per heavy atom. The van der Waals surface area contributed by atoms with E-state index < -0.39 is 5.82 Å². The van der Waals surface area contributed by atoms with Gasteiger partial charge in [-0.1, -0.05) is 26.1 Å². The third-order valence-electron chi connectivity index (χ3n) is 6.62. The van der Waals surface area contributed by atoms with Crippen LogP contribution >= 0.6 is 7.92 Å². The predicted octanol–water partition coefficient (Wildman–Crippen LogP) is 4.71. The molecular formula is C25H30FN6P. The van der Waals surface area contributed by atoms with Crippen LogP contribution in [-0.4, -0.2) is 42.4 Å². The van der Waals surface area contributed by atoms with Crippen LogP contribution in [0.3, 0.4) is 0 Å². The summed E-state index contributed by atoms with van der Waals surface area (Å²) in [6, 6.07) is 14.6. The van der Waals surface area contributed by atoms with E-state index in [0.29, 0.717) is 17.4 Å². The molecule has 1 aromatic heterocycles. The highest BCUT2D eigenvalue weighted by Gasteiger charge is 2.51. The maximum Gasteiger partial charge on any atom is 0.229 e. The predicted molar refractivity (Wildman–Crippen MR) is 136 cm³/mol. The molecule has 3 aromatic rings. The Balaban J connectivity index is 1.30. The second kappa shape index (κ2) is 8.54. The summed E-state index contributed by atoms with van der Waals surface area (Å²) in [7, 11) is -0.339. The molecule has 2 aliphatic rings. The average molecular weight is 465 g/mol. The molecule has 33 heavy (non-hydrogen) atoms. The SMILES string of the molecule is Cc1cc(Nc2ncc(F)c(Nc3ccccc3P(C)C)n2)ccc1N1CC2(CC(N)C2)C1. The first-order valence-corrected chi connectivity index (χ1v) is 13.5. The molecule has 1 aliphatic heterocycles. The zero-order chi connectivity index (χ0) is 23.2. The number of benzene rings is 2. The number of halogens is 1. The summed E-state index contributed by atoms with van der Waals surface area (Å²) in [5, 5.41) is 7.55. The van der Waals surface area contributed by atoms with Gasteiger partial charge >= 0.3 is 0 Å². The molecule has 172 valence electrons. The molecule has 0 atom stereocenters. The molecule has 1 aliphatic carbocycles. The van der Waals surface area contributed by atoms with Crippen molar-refractivity contribution in [1.82, 2.24) is 9.97 Å². The first kappa shape index (κ1) is 22.1. The maximum atomic E-state index is 14.5. The Labute approximate surface area is 195 Å². The molecule has 4 N–H and O–H groups in total. The first-order chi connectivity index (χ1) is 15.8. The van der Waals surface area contributed by atoms with E-state index in [1.165, 1.54) is 22.8 Å². The van der Waals surface area contributed by atoms with Gasteiger partial charge in [0, 0.05) is 41.6 Å². The molecule has 5 rings (SSSR count). The lowest BCUT2D eigenvalue weighted by Crippen LogP contribution is -2.65. The Bertz CT molecular complexity index is 1170. The van der Waals surface area contributed by atoms with Gasteiger partial charge in [-0.15, -0.1) is 0 Å². The monoisotopic (exact) mass is 464 g/mol. The standard InChI is InChI=1S/C25H30FN6P/c1-16-10-18(8-9-21(16)32-14-25(15-32)11-17(27)12-25)29-24-28-13-19(26)23(31-24)30-20-6-4-5-7-22(20)33(2)3/h4-10,13,17H,11-12,14-15,27H2,1-3H3,(H2,28,29,30,31). The summed E-state index contributed by atoms with van der Waals surface area (Å²) in [6.07, 6.45) is 3.48. The number of hydrogen-bond donors (Lipinski definition) is 3. The maximum absolute atomic E-state index is 14.5. The number of aromatic nitrogens is 2. The fraction of sp³-hybridized carbons (Fsp3) is 0.360. The second-order valence-corrected chi connectivity index (χ2v) is 11.8. The van der Waals surface area contributed by atoms with Crippen molar-refractivity contribution >= 4 is 42.1 Å². The minimum absolute atomic E-state index is 0.162. The molecule has 2 fully saturated rings. The molecule has 0 amide bonds. The highest BCUT2D eigenvalue weighted by Crippen LogP contribution is 2.49. The van der Waals surface area contributed by atoms with Crippen molar-refractivity contribution in [2.24, 2.45) is 11.1 Å². The van der Waals surface area contributed by atoms with E-state index in [1.54, 1.807) is 0 Å². The Morgan fingerprint density at radius 3 is 2.58 bits per heavy atom. The van der Waals surface area contributed by atoms with Crippen LogP contribution in [0.2, 0.25) is 0 Å². The number of nitrogens with two attached hydrogens (primary N) is 1. The van der Waals surface area contributed by atoms with Crippen molar-refractivity contribution in [3.63, 3.8) is 0 Å². The van der Waals surface area contributed by atoms with Crippen LogP contribution in [0.4, 0.5) is 33.2 Å². The van der Waals surface area contributed by atoms with Crippen molar-refractivity contribution in [3.8, 4) is 0 Å². The second-order valence-electron chi connectivity index (χ2n) is 9.58. The summed E-state index contributed by atoms with van der Waals surface area (Å²) in [5.74, 6) is 0.0284. The van der Waals surface area contributed by atoms with Crippen LogP contribution in [0.5, 0.6) is 0 Å². The third kappa shape index (κ3) is 4.40. The van der Waals surface area contributed by atoms with Crippen molar-refractivity contribution in [1.29, 1.82) is 0 Å². The summed E-state index contributed by atoms with van der Waals surface area (Å²) in [4.78, 5) is 11.0. The summed E-state index contributed by atoms with van der Waals surface area (Å²) < 4.78 is 14.5. The van der Waals surface area contributed by atoms with Crippen LogP contribution in [0.1, 0.15) is 18.4 Å². The van der Waals surface area contributed by atoms with Gasteiger partial charge in [0.05, 0.1) is 6.20 Å². The number of hydrogen-bond acceptors (Lipinski definition) is 6. The van der Waals surface area contributed by atoms with E-state index in [0.717, 1.165) is 37.3 Å². The minimum atomic E-state index is -0.485. The number of anilines is 5. The molecule has 0 unspecified atom stereocenters. The average Bonchev–Trinajstić information content (AvgIpc) is 2.73. The molecule has 8 heteroatoms. The molecule has 2 aromatic carbocycles. The number of nitrogens with one attached hydrogen (secondary N) is 2. The highest BCUT2D eigenvalue weighted by atomic mass is 31.1. The normalized spacial score (nSPS) is 17.1. The zero-order valence-electron chi connectivity index (χ0n) is 19.3. The topological polar surface area (TPSA) is 79.1 Å². The van der Waals surface area contributed by atoms with Gasteiger partial charge in [0.25, 0.3) is 0 Å². The van der Waals surface area contributed by atoms with E-state index >= 15 is 0 Å². The largest absolute Gasteiger partial charge is 0.370 e. The lowest BCUT2D eigenvalue weighted by atomic mass is 9.61. The zero-order valence-corrected chi connectivity index (χ0v) is 20.2. The first-order valence-electron chi connectivity index (χ1n) is 11.3. The summed E-state index contributed by atoms with van der Waals surface area (Å²) in [5.41, 5.74) is 10.6. The molecule has 1 saturated carbocycles. The minimum Gasteiger partial charge on any atom is -0.370 e. The number of para-hydroxylation sites is 1. The number of rotatable bonds is 6. The Hall–Kier alpha value is -2.76. The Kier molecular flexibility index (Phi) is 5.71. The van der Waals surface area contributed by atoms with Crippen molar-refractivity contribution in [3.05, 3.63) is 60.0 Å². The van der Waals surface area contributed by atoms with Crippen molar-refractivity contribution in [2.75, 3.05) is 42.0 Å². The van der Waals surface area contributed by atoms with Gasteiger partial charge < -0.3 is 21.3 Å². The van der Waals surface area contributed by atoms with Crippen molar-refractivity contribution in [2.45, 2.75) is 25.8 Å². The van der Waals surface area contributed by atoms with E-state index in [2.05, 4.69) is 64.0 Å². The molecule has 1 spiro atoms. The van der Waals surface area contributed by atoms with Gasteiger partial charge in [-0.25, -0.2) is 9.37 Å². The van der Waals surface area contributed by atoms with Crippen LogP contribution in [0, 0.1) is 18.2 Å². The fourth-order valence-electron chi connectivity index (χ4n) is 5.07. The summed E-state index contributed by atoms with van der Waals surface area (Å²) >= 11 is 0. The third-order valence-corrected chi connectivity index (χ3v) is 7.97. The molecule has 2 heterocycles. The van der Waals surface area contributed by atoms with E-state index in [9.17, 15) is 4.39 Å². The smallest absolute Gasteiger partial charge is 0.229 e. The van der Waals surface area contributed by atoms with Gasteiger partial charge in [-0.3, -0.25) is 0 Å². The van der Waals surface area contributed by atoms with Crippen LogP contribution < -0.4 is 26.6 Å². The van der Waals surface area contributed by atoms with Gasteiger partial charge in [0.2, 0.25) is 5.95 Å². The fourth-order valence-corrected chi connectivity index (χ4v) is 6.07. The van der Waals surface area contributed by atoms with E-state index in [4.69, 9.17) is 5.73 Å². The van der Waals surface area contributed by atoms with Crippen LogP contribution in [0.15, 0.2) is 48.7 Å². The number of nitrogens with zero attached hydrogens (tertiary/aromatic N) is 3. The molecule has 0 radical (unpaired) electrons. The van der Waals surface area contributed by atoms with Crippen molar-refractivity contribution < 1.29 is 4.39 Å². The van der Waals surface area contributed by atoms with Crippen LogP contribution in [0.25, 0.3) is 0 Å². The lowest BCUT2D eigenvalue weighted by molar-refractivity contribution is 0.0664. The van der Waals surface area contributed by atoms with Gasteiger partial charge in [0.1, 0.15) is 0 Å². The highest BCUT2D eigenvalue weighted by molar-refractivity contribution is 7.64. The van der Waals surface area contributed by atoms with E-state index in [-0.39, 0.29) is 13.7 Å². The molecule has 0 bridgehead atoms. The van der Waals surface area contributed by atoms with E-state index in [1.807, 2.05) is 24.3 Å².